The maximum atomic E-state index is 8.73. The minimum atomic E-state index is 0.0373. The average Bonchev–Trinajstić information content (AvgIpc) is 2.41. The van der Waals surface area contributed by atoms with Gasteiger partial charge in [-0.2, -0.15) is 10.5 Å². The number of benzene rings is 1. The van der Waals surface area contributed by atoms with Crippen molar-refractivity contribution in [3.05, 3.63) is 29.8 Å². The van der Waals surface area contributed by atoms with E-state index in [1.807, 2.05) is 38.2 Å². The topological polar surface area (TPSA) is 60.1 Å². The van der Waals surface area contributed by atoms with E-state index in [2.05, 4.69) is 17.0 Å². The molecule has 0 saturated carbocycles. The highest BCUT2D eigenvalue weighted by Gasteiger charge is 2.05. The van der Waals surface area contributed by atoms with Gasteiger partial charge in [0.15, 0.2) is 0 Å². The van der Waals surface area contributed by atoms with Crippen LogP contribution in [0.25, 0.3) is 0 Å². The van der Waals surface area contributed by atoms with E-state index in [1.165, 1.54) is 0 Å². The maximum Gasteiger partial charge on any atom is 0.119 e. The molecule has 0 aliphatic rings. The van der Waals surface area contributed by atoms with Crippen LogP contribution in [0.2, 0.25) is 0 Å². The van der Waals surface area contributed by atoms with Crippen molar-refractivity contribution < 1.29 is 4.74 Å². The normalized spacial score (nSPS) is 11.6. The highest BCUT2D eigenvalue weighted by Crippen LogP contribution is 2.12. The van der Waals surface area contributed by atoms with E-state index < -0.39 is 0 Å². The van der Waals surface area contributed by atoms with Crippen molar-refractivity contribution in [2.75, 3.05) is 26.7 Å². The summed E-state index contributed by atoms with van der Waals surface area (Å²) < 4.78 is 5.62. The summed E-state index contributed by atoms with van der Waals surface area (Å²) in [4.78, 5) is 2.08. The van der Waals surface area contributed by atoms with Crippen molar-refractivity contribution >= 4 is 0 Å². The summed E-state index contributed by atoms with van der Waals surface area (Å²) in [5.74, 6) is 0.846. The molecular formula is C15H19N3O. The molecule has 0 aliphatic carbocycles. The summed E-state index contributed by atoms with van der Waals surface area (Å²) in [7, 11) is 1.98. The van der Waals surface area contributed by atoms with Crippen molar-refractivity contribution in [3.63, 3.8) is 0 Å². The van der Waals surface area contributed by atoms with E-state index in [9.17, 15) is 0 Å². The smallest absolute Gasteiger partial charge is 0.119 e. The van der Waals surface area contributed by atoms with E-state index in [0.717, 1.165) is 24.4 Å². The van der Waals surface area contributed by atoms with E-state index in [1.54, 1.807) is 0 Å². The molecule has 1 aromatic carbocycles. The predicted molar refractivity (Wildman–Crippen MR) is 73.5 cm³/mol. The highest BCUT2D eigenvalue weighted by atomic mass is 16.5. The summed E-state index contributed by atoms with van der Waals surface area (Å²) in [6.45, 7) is 4.03. The van der Waals surface area contributed by atoms with Crippen molar-refractivity contribution in [1.29, 1.82) is 10.5 Å². The van der Waals surface area contributed by atoms with Gasteiger partial charge in [0.1, 0.15) is 12.4 Å². The number of likely N-dealkylation sites (N-methyl/N-ethyl adjacent to an activating group) is 1. The molecule has 0 aliphatic heterocycles. The Bertz CT molecular complexity index is 456. The fourth-order valence-corrected chi connectivity index (χ4v) is 1.71. The zero-order valence-corrected chi connectivity index (χ0v) is 11.5. The molecule has 4 heteroatoms. The van der Waals surface area contributed by atoms with Gasteiger partial charge in [0, 0.05) is 13.1 Å². The fourth-order valence-electron chi connectivity index (χ4n) is 1.71. The molecule has 0 heterocycles. The molecule has 0 radical (unpaired) electrons. The summed E-state index contributed by atoms with van der Waals surface area (Å²) in [5.41, 5.74) is 0.995. The van der Waals surface area contributed by atoms with E-state index in [4.69, 9.17) is 15.3 Å². The van der Waals surface area contributed by atoms with Crippen LogP contribution in [0, 0.1) is 28.6 Å². The van der Waals surface area contributed by atoms with Crippen LogP contribution in [0.15, 0.2) is 24.3 Å². The van der Waals surface area contributed by atoms with Gasteiger partial charge in [-0.05, 0) is 31.7 Å². The third-order valence-corrected chi connectivity index (χ3v) is 2.75. The molecule has 1 rings (SSSR count). The standard InChI is InChI=1S/C15H19N3O/c1-13(11-17)12-18(2)9-10-19-15-5-3-14(4-6-15)7-8-16/h3-6,13H,7,9-10,12H2,1-2H3. The van der Waals surface area contributed by atoms with Crippen LogP contribution < -0.4 is 4.74 Å². The number of nitriles is 2. The molecule has 1 unspecified atom stereocenters. The Morgan fingerprint density at radius 1 is 1.26 bits per heavy atom. The molecule has 0 saturated heterocycles. The number of hydrogen-bond acceptors (Lipinski definition) is 4. The highest BCUT2D eigenvalue weighted by molar-refractivity contribution is 5.28. The number of rotatable bonds is 7. The first-order valence-electron chi connectivity index (χ1n) is 6.32. The zero-order valence-electron chi connectivity index (χ0n) is 11.5. The first-order chi connectivity index (χ1) is 9.15. The van der Waals surface area contributed by atoms with Crippen LogP contribution >= 0.6 is 0 Å². The molecule has 19 heavy (non-hydrogen) atoms. The van der Waals surface area contributed by atoms with E-state index >= 15 is 0 Å². The van der Waals surface area contributed by atoms with Crippen LogP contribution in [0.4, 0.5) is 0 Å². The monoisotopic (exact) mass is 257 g/mol. The Morgan fingerprint density at radius 2 is 1.95 bits per heavy atom. The zero-order chi connectivity index (χ0) is 14.1. The number of hydrogen-bond donors (Lipinski definition) is 0. The van der Waals surface area contributed by atoms with Crippen molar-refractivity contribution in [1.82, 2.24) is 4.90 Å². The number of ether oxygens (including phenoxy) is 1. The fraction of sp³-hybridized carbons (Fsp3) is 0.467. The molecule has 1 aromatic rings. The molecule has 0 spiro atoms. The van der Waals surface area contributed by atoms with Crippen LogP contribution in [-0.4, -0.2) is 31.6 Å². The second-order valence-corrected chi connectivity index (χ2v) is 4.62. The summed E-state index contributed by atoms with van der Waals surface area (Å²) in [6, 6.07) is 11.9. The van der Waals surface area contributed by atoms with Gasteiger partial charge in [0.05, 0.1) is 24.5 Å². The second kappa shape index (κ2) is 8.13. The SMILES string of the molecule is CC(C#N)CN(C)CCOc1ccc(CC#N)cc1. The van der Waals surface area contributed by atoms with Gasteiger partial charge in [-0.15, -0.1) is 0 Å². The Labute approximate surface area is 114 Å². The first-order valence-corrected chi connectivity index (χ1v) is 6.32. The van der Waals surface area contributed by atoms with Crippen LogP contribution in [0.1, 0.15) is 12.5 Å². The van der Waals surface area contributed by atoms with Crippen molar-refractivity contribution in [3.8, 4) is 17.9 Å². The Balaban J connectivity index is 2.29. The first kappa shape index (κ1) is 15.0. The average molecular weight is 257 g/mol. The summed E-state index contributed by atoms with van der Waals surface area (Å²) >= 11 is 0. The molecule has 0 amide bonds. The molecule has 4 nitrogen and oxygen atoms in total. The van der Waals surface area contributed by atoms with Gasteiger partial charge in [0.2, 0.25) is 0 Å². The Hall–Kier alpha value is -2.04. The van der Waals surface area contributed by atoms with Crippen LogP contribution in [-0.2, 0) is 6.42 Å². The Morgan fingerprint density at radius 3 is 2.53 bits per heavy atom. The van der Waals surface area contributed by atoms with Crippen LogP contribution in [0.3, 0.4) is 0 Å². The predicted octanol–water partition coefficient (Wildman–Crippen LogP) is 2.22. The molecule has 0 N–H and O–H groups in total. The second-order valence-electron chi connectivity index (χ2n) is 4.62. The lowest BCUT2D eigenvalue weighted by molar-refractivity contribution is 0.228. The van der Waals surface area contributed by atoms with Gasteiger partial charge in [-0.25, -0.2) is 0 Å². The van der Waals surface area contributed by atoms with Crippen molar-refractivity contribution in [2.24, 2.45) is 5.92 Å². The van der Waals surface area contributed by atoms with Crippen LogP contribution in [0.5, 0.6) is 5.75 Å². The van der Waals surface area contributed by atoms with Gasteiger partial charge in [-0.3, -0.25) is 0 Å². The van der Waals surface area contributed by atoms with E-state index in [0.29, 0.717) is 13.0 Å². The lowest BCUT2D eigenvalue weighted by atomic mass is 10.2. The molecular weight excluding hydrogens is 238 g/mol. The summed E-state index contributed by atoms with van der Waals surface area (Å²) in [6.07, 6.45) is 0.426. The minimum absolute atomic E-state index is 0.0373. The molecule has 100 valence electrons. The third kappa shape index (κ3) is 5.90. The largest absolute Gasteiger partial charge is 0.492 e. The van der Waals surface area contributed by atoms with Gasteiger partial charge >= 0.3 is 0 Å². The minimum Gasteiger partial charge on any atom is -0.492 e. The summed E-state index contributed by atoms with van der Waals surface area (Å²) in [5, 5.41) is 17.3. The Kier molecular flexibility index (Phi) is 6.43. The number of nitrogens with zero attached hydrogens (tertiary/aromatic N) is 3. The van der Waals surface area contributed by atoms with Crippen molar-refractivity contribution in [2.45, 2.75) is 13.3 Å². The van der Waals surface area contributed by atoms with Gasteiger partial charge in [0.25, 0.3) is 0 Å². The molecule has 0 aromatic heterocycles. The molecule has 0 fully saturated rings. The quantitative estimate of drug-likeness (QED) is 0.751. The lowest BCUT2D eigenvalue weighted by Gasteiger charge is -2.17. The molecule has 0 bridgehead atoms. The van der Waals surface area contributed by atoms with E-state index in [-0.39, 0.29) is 5.92 Å². The maximum absolute atomic E-state index is 8.73. The van der Waals surface area contributed by atoms with Gasteiger partial charge < -0.3 is 9.64 Å². The van der Waals surface area contributed by atoms with Gasteiger partial charge in [-0.1, -0.05) is 12.1 Å². The lowest BCUT2D eigenvalue weighted by Crippen LogP contribution is -2.28. The third-order valence-electron chi connectivity index (χ3n) is 2.75. The molecule has 1 atom stereocenters.